The van der Waals surface area contributed by atoms with Crippen LogP contribution in [0.25, 0.3) is 0 Å². The highest BCUT2D eigenvalue weighted by Gasteiger charge is 2.10. The van der Waals surface area contributed by atoms with E-state index >= 15 is 0 Å². The maximum Gasteiger partial charge on any atom is 0.293 e. The molecule has 1 atom stereocenters. The summed E-state index contributed by atoms with van der Waals surface area (Å²) in [6, 6.07) is 0.0117. The molecule has 1 aromatic heterocycles. The molecule has 0 saturated carbocycles. The minimum atomic E-state index is -0.152. The van der Waals surface area contributed by atoms with Crippen LogP contribution < -0.4 is 16.6 Å². The molecule has 6 heteroatoms. The van der Waals surface area contributed by atoms with E-state index in [-0.39, 0.29) is 11.6 Å². The van der Waals surface area contributed by atoms with E-state index in [2.05, 4.69) is 10.3 Å². The van der Waals surface area contributed by atoms with Gasteiger partial charge in [-0.3, -0.25) is 4.79 Å². The van der Waals surface area contributed by atoms with Crippen LogP contribution in [0.1, 0.15) is 6.42 Å². The van der Waals surface area contributed by atoms with Crippen LogP contribution in [0.2, 0.25) is 0 Å². The second-order valence-electron chi connectivity index (χ2n) is 3.57. The average Bonchev–Trinajstić information content (AvgIpc) is 2.25. The van der Waals surface area contributed by atoms with E-state index in [1.54, 1.807) is 26.6 Å². The van der Waals surface area contributed by atoms with Gasteiger partial charge in [-0.2, -0.15) is 0 Å². The van der Waals surface area contributed by atoms with Crippen LogP contribution in [0, 0.1) is 0 Å². The average molecular weight is 226 g/mol. The first kappa shape index (κ1) is 12.7. The summed E-state index contributed by atoms with van der Waals surface area (Å²) in [5.41, 5.74) is 5.33. The Kier molecular flexibility index (Phi) is 4.94. The molecule has 6 nitrogen and oxygen atoms in total. The van der Waals surface area contributed by atoms with Gasteiger partial charge in [-0.1, -0.05) is 0 Å². The van der Waals surface area contributed by atoms with Crippen molar-refractivity contribution in [2.24, 2.45) is 12.8 Å². The number of methoxy groups -OCH3 is 1. The number of nitrogens with two attached hydrogens (primary N) is 1. The first-order valence-corrected chi connectivity index (χ1v) is 5.16. The number of nitrogens with zero attached hydrogens (tertiary/aromatic N) is 2. The van der Waals surface area contributed by atoms with Gasteiger partial charge in [0.2, 0.25) is 0 Å². The van der Waals surface area contributed by atoms with Crippen molar-refractivity contribution >= 4 is 5.82 Å². The van der Waals surface area contributed by atoms with Crippen molar-refractivity contribution in [1.82, 2.24) is 9.55 Å². The van der Waals surface area contributed by atoms with Gasteiger partial charge in [0, 0.05) is 26.6 Å². The molecule has 90 valence electrons. The highest BCUT2D eigenvalue weighted by molar-refractivity contribution is 5.32. The summed E-state index contributed by atoms with van der Waals surface area (Å²) in [6.45, 7) is 1.03. The van der Waals surface area contributed by atoms with Crippen LogP contribution in [0.15, 0.2) is 17.2 Å². The molecule has 1 aromatic rings. The van der Waals surface area contributed by atoms with Crippen LogP contribution in [0.4, 0.5) is 5.82 Å². The lowest BCUT2D eigenvalue weighted by molar-refractivity contribution is 0.183. The normalized spacial score (nSPS) is 12.4. The van der Waals surface area contributed by atoms with E-state index < -0.39 is 0 Å². The summed E-state index contributed by atoms with van der Waals surface area (Å²) in [5, 5.41) is 3.04. The van der Waals surface area contributed by atoms with Crippen LogP contribution >= 0.6 is 0 Å². The van der Waals surface area contributed by atoms with Crippen molar-refractivity contribution < 1.29 is 4.74 Å². The molecular weight excluding hydrogens is 208 g/mol. The Balaban J connectivity index is 2.76. The van der Waals surface area contributed by atoms with E-state index in [9.17, 15) is 4.79 Å². The maximum atomic E-state index is 11.7. The second kappa shape index (κ2) is 6.24. The molecule has 0 amide bonds. The lowest BCUT2D eigenvalue weighted by Crippen LogP contribution is -2.32. The Bertz CT molecular complexity index is 371. The minimum absolute atomic E-state index is 0.0117. The van der Waals surface area contributed by atoms with Gasteiger partial charge >= 0.3 is 0 Å². The van der Waals surface area contributed by atoms with Crippen molar-refractivity contribution in [2.45, 2.75) is 12.5 Å². The van der Waals surface area contributed by atoms with Gasteiger partial charge in [-0.15, -0.1) is 0 Å². The van der Waals surface area contributed by atoms with Gasteiger partial charge in [0.25, 0.3) is 5.56 Å². The third-order valence-corrected chi connectivity index (χ3v) is 2.24. The number of anilines is 1. The zero-order valence-electron chi connectivity index (χ0n) is 9.64. The lowest BCUT2D eigenvalue weighted by Gasteiger charge is -2.17. The Morgan fingerprint density at radius 3 is 3.06 bits per heavy atom. The number of rotatable bonds is 6. The van der Waals surface area contributed by atoms with E-state index in [0.29, 0.717) is 19.0 Å². The van der Waals surface area contributed by atoms with Crippen molar-refractivity contribution in [3.8, 4) is 0 Å². The van der Waals surface area contributed by atoms with Gasteiger partial charge in [0.05, 0.1) is 12.6 Å². The third kappa shape index (κ3) is 3.32. The highest BCUT2D eigenvalue weighted by atomic mass is 16.5. The fraction of sp³-hybridized carbons (Fsp3) is 0.600. The molecule has 1 rings (SSSR count). The van der Waals surface area contributed by atoms with E-state index in [1.807, 2.05) is 0 Å². The van der Waals surface area contributed by atoms with E-state index in [1.165, 1.54) is 4.57 Å². The quantitative estimate of drug-likeness (QED) is 0.687. The molecule has 0 spiro atoms. The summed E-state index contributed by atoms with van der Waals surface area (Å²) >= 11 is 0. The topological polar surface area (TPSA) is 82.2 Å². The molecule has 3 N–H and O–H groups in total. The fourth-order valence-electron chi connectivity index (χ4n) is 1.39. The van der Waals surface area contributed by atoms with E-state index in [0.717, 1.165) is 6.42 Å². The first-order chi connectivity index (χ1) is 7.69. The predicted octanol–water partition coefficient (Wildman–Crippen LogP) is -0.444. The number of ether oxygens (including phenoxy) is 1. The third-order valence-electron chi connectivity index (χ3n) is 2.24. The lowest BCUT2D eigenvalue weighted by atomic mass is 10.2. The Labute approximate surface area is 94.4 Å². The Morgan fingerprint density at radius 2 is 2.44 bits per heavy atom. The first-order valence-electron chi connectivity index (χ1n) is 5.16. The Morgan fingerprint density at radius 1 is 1.69 bits per heavy atom. The van der Waals surface area contributed by atoms with Crippen molar-refractivity contribution in [3.05, 3.63) is 22.7 Å². The fourth-order valence-corrected chi connectivity index (χ4v) is 1.39. The van der Waals surface area contributed by atoms with Crippen LogP contribution in [-0.2, 0) is 11.8 Å². The SMILES string of the molecule is COCC(CCN)Nc1nccn(C)c1=O. The molecule has 1 heterocycles. The summed E-state index contributed by atoms with van der Waals surface area (Å²) in [4.78, 5) is 15.7. The Hall–Kier alpha value is -1.40. The monoisotopic (exact) mass is 226 g/mol. The minimum Gasteiger partial charge on any atom is -0.383 e. The van der Waals surface area contributed by atoms with Gasteiger partial charge in [-0.05, 0) is 13.0 Å². The smallest absolute Gasteiger partial charge is 0.293 e. The zero-order valence-corrected chi connectivity index (χ0v) is 9.64. The number of aryl methyl sites for hydroxylation is 1. The number of hydrogen-bond acceptors (Lipinski definition) is 5. The predicted molar refractivity (Wildman–Crippen MR) is 62.4 cm³/mol. The highest BCUT2D eigenvalue weighted by Crippen LogP contribution is 2.00. The standard InChI is InChI=1S/C10H18N4O2/c1-14-6-5-12-9(10(14)15)13-8(3-4-11)7-16-2/h5-6,8H,3-4,7,11H2,1-2H3,(H,12,13). The molecule has 0 aliphatic heterocycles. The van der Waals surface area contributed by atoms with Gasteiger partial charge in [0.1, 0.15) is 0 Å². The molecule has 0 fully saturated rings. The second-order valence-corrected chi connectivity index (χ2v) is 3.57. The molecule has 0 aliphatic carbocycles. The molecule has 0 bridgehead atoms. The number of aromatic nitrogens is 2. The molecule has 16 heavy (non-hydrogen) atoms. The van der Waals surface area contributed by atoms with Crippen molar-refractivity contribution in [1.29, 1.82) is 0 Å². The maximum absolute atomic E-state index is 11.7. The molecule has 1 unspecified atom stereocenters. The zero-order chi connectivity index (χ0) is 12.0. The van der Waals surface area contributed by atoms with Gasteiger partial charge in [0.15, 0.2) is 5.82 Å². The van der Waals surface area contributed by atoms with Crippen LogP contribution in [-0.4, -0.2) is 35.9 Å². The molecular formula is C10H18N4O2. The van der Waals surface area contributed by atoms with Crippen LogP contribution in [0.3, 0.4) is 0 Å². The van der Waals surface area contributed by atoms with Crippen LogP contribution in [0.5, 0.6) is 0 Å². The summed E-state index contributed by atoms with van der Waals surface area (Å²) in [7, 11) is 3.30. The summed E-state index contributed by atoms with van der Waals surface area (Å²) in [5.74, 6) is 0.334. The molecule has 0 radical (unpaired) electrons. The summed E-state index contributed by atoms with van der Waals surface area (Å²) in [6.07, 6.45) is 3.92. The number of nitrogens with one attached hydrogen (secondary N) is 1. The molecule has 0 aliphatic rings. The largest absolute Gasteiger partial charge is 0.383 e. The molecule has 0 saturated heterocycles. The molecule has 0 aromatic carbocycles. The summed E-state index contributed by atoms with van der Waals surface area (Å²) < 4.78 is 6.52. The van der Waals surface area contributed by atoms with Crippen molar-refractivity contribution in [3.63, 3.8) is 0 Å². The number of hydrogen-bond donors (Lipinski definition) is 2. The van der Waals surface area contributed by atoms with Crippen molar-refractivity contribution in [2.75, 3.05) is 25.6 Å². The van der Waals surface area contributed by atoms with Gasteiger partial charge in [-0.25, -0.2) is 4.98 Å². The van der Waals surface area contributed by atoms with E-state index in [4.69, 9.17) is 10.5 Å². The van der Waals surface area contributed by atoms with Gasteiger partial charge < -0.3 is 20.4 Å².